The number of nitrogen functional groups attached to an aromatic ring is 1. The van der Waals surface area contributed by atoms with E-state index in [0.717, 1.165) is 35.5 Å². The number of alkyl carbamates (subject to hydrolysis) is 2. The number of carboxylic acid groups (broad SMARTS) is 1. The summed E-state index contributed by atoms with van der Waals surface area (Å²) in [5.74, 6) is -1.56. The molecule has 2 aliphatic carbocycles. The SMILES string of the molecule is CC(C)(C)OC(=O)N[C@H](CO)C(=O)Cc1ccccc1NC1CCCCC1.CC(C)(C)OC(=O)N[C@H](CO)C(=O)O.Nc1ccccc1NC1CCCCC1. The number of carbonyl (C=O) groups is 4. The summed E-state index contributed by atoms with van der Waals surface area (Å²) in [7, 11) is 0. The summed E-state index contributed by atoms with van der Waals surface area (Å²) >= 11 is 0. The largest absolute Gasteiger partial charge is 0.480 e. The maximum absolute atomic E-state index is 12.6. The quantitative estimate of drug-likeness (QED) is 0.110. The Morgan fingerprint density at radius 3 is 1.53 bits per heavy atom. The Morgan fingerprint density at radius 2 is 1.09 bits per heavy atom. The molecule has 2 saturated carbocycles. The van der Waals surface area contributed by atoms with Gasteiger partial charge in [-0.05, 0) is 91.0 Å². The molecule has 0 bridgehead atoms. The zero-order valence-corrected chi connectivity index (χ0v) is 33.5. The second kappa shape index (κ2) is 23.4. The maximum atomic E-state index is 12.6. The number of aliphatic hydroxyl groups is 2. The number of nitrogens with one attached hydrogen (secondary N) is 4. The second-order valence-corrected chi connectivity index (χ2v) is 15.9. The lowest BCUT2D eigenvalue weighted by Gasteiger charge is -2.25. The third kappa shape index (κ3) is 19.6. The van der Waals surface area contributed by atoms with Gasteiger partial charge >= 0.3 is 18.2 Å². The molecule has 4 rings (SSSR count). The molecule has 308 valence electrons. The molecule has 9 N–H and O–H groups in total. The topological polar surface area (TPSA) is 222 Å². The van der Waals surface area contributed by atoms with E-state index in [9.17, 15) is 24.3 Å². The van der Waals surface area contributed by atoms with Gasteiger partial charge in [0, 0.05) is 24.2 Å². The fourth-order valence-corrected chi connectivity index (χ4v) is 6.00. The van der Waals surface area contributed by atoms with Crippen molar-refractivity contribution in [3.05, 3.63) is 54.1 Å². The molecule has 0 aliphatic heterocycles. The highest BCUT2D eigenvalue weighted by Crippen LogP contribution is 2.26. The van der Waals surface area contributed by atoms with Crippen molar-refractivity contribution in [2.75, 3.05) is 29.6 Å². The number of para-hydroxylation sites is 3. The third-order valence-electron chi connectivity index (χ3n) is 8.71. The number of ether oxygens (including phenoxy) is 2. The summed E-state index contributed by atoms with van der Waals surface area (Å²) in [6, 6.07) is 14.5. The average Bonchev–Trinajstić information content (AvgIpc) is 3.11. The Hall–Kier alpha value is -4.56. The van der Waals surface area contributed by atoms with Crippen molar-refractivity contribution in [2.24, 2.45) is 0 Å². The predicted octanol–water partition coefficient (Wildman–Crippen LogP) is 6.40. The molecule has 14 nitrogen and oxygen atoms in total. The number of amides is 2. The monoisotopic (exact) mass is 771 g/mol. The molecule has 0 saturated heterocycles. The molecule has 0 unspecified atom stereocenters. The lowest BCUT2D eigenvalue weighted by molar-refractivity contribution is -0.140. The van der Waals surface area contributed by atoms with Crippen molar-refractivity contribution in [3.8, 4) is 0 Å². The zero-order valence-electron chi connectivity index (χ0n) is 33.5. The molecular formula is C41H65N5O9. The number of nitrogens with two attached hydrogens (primary N) is 1. The molecule has 2 aliphatic rings. The van der Waals surface area contributed by atoms with Crippen LogP contribution in [0.4, 0.5) is 26.7 Å². The zero-order chi connectivity index (χ0) is 41.0. The van der Waals surface area contributed by atoms with Gasteiger partial charge in [-0.1, -0.05) is 68.9 Å². The lowest BCUT2D eigenvalue weighted by Crippen LogP contribution is -2.46. The molecule has 2 atom stereocenters. The van der Waals surface area contributed by atoms with E-state index in [-0.39, 0.29) is 12.2 Å². The van der Waals surface area contributed by atoms with Gasteiger partial charge in [0.25, 0.3) is 0 Å². The molecule has 0 radical (unpaired) electrons. The molecule has 0 aromatic heterocycles. The highest BCUT2D eigenvalue weighted by molar-refractivity contribution is 5.90. The van der Waals surface area contributed by atoms with E-state index in [1.54, 1.807) is 41.5 Å². The molecule has 2 fully saturated rings. The van der Waals surface area contributed by atoms with Crippen molar-refractivity contribution >= 4 is 41.0 Å². The van der Waals surface area contributed by atoms with Crippen LogP contribution >= 0.6 is 0 Å². The normalized spacial score (nSPS) is 16.0. The number of rotatable bonds is 12. The number of benzene rings is 2. The number of ketones is 1. The van der Waals surface area contributed by atoms with E-state index in [1.165, 1.54) is 51.4 Å². The van der Waals surface area contributed by atoms with Crippen LogP contribution < -0.4 is 27.0 Å². The van der Waals surface area contributed by atoms with E-state index in [1.807, 2.05) is 47.8 Å². The van der Waals surface area contributed by atoms with Gasteiger partial charge in [-0.25, -0.2) is 14.4 Å². The van der Waals surface area contributed by atoms with Gasteiger partial charge in [0.1, 0.15) is 17.2 Å². The fraction of sp³-hybridized carbons (Fsp3) is 0.610. The van der Waals surface area contributed by atoms with Crippen molar-refractivity contribution in [1.29, 1.82) is 0 Å². The van der Waals surface area contributed by atoms with Crippen LogP contribution in [-0.2, 0) is 25.5 Å². The van der Waals surface area contributed by atoms with E-state index < -0.39 is 54.7 Å². The number of aliphatic hydroxyl groups excluding tert-OH is 2. The van der Waals surface area contributed by atoms with Crippen LogP contribution in [0.2, 0.25) is 0 Å². The molecular weight excluding hydrogens is 706 g/mol. The Kier molecular flexibility index (Phi) is 19.8. The van der Waals surface area contributed by atoms with Gasteiger partial charge in [0.15, 0.2) is 11.8 Å². The molecule has 55 heavy (non-hydrogen) atoms. The summed E-state index contributed by atoms with van der Waals surface area (Å²) in [4.78, 5) is 46.0. The smallest absolute Gasteiger partial charge is 0.408 e. The number of hydrogen-bond acceptors (Lipinski definition) is 11. The van der Waals surface area contributed by atoms with Crippen molar-refractivity contribution < 1.29 is 44.0 Å². The van der Waals surface area contributed by atoms with Gasteiger partial charge in [-0.15, -0.1) is 0 Å². The summed E-state index contributed by atoms with van der Waals surface area (Å²) < 4.78 is 9.96. The number of carboxylic acids is 1. The molecule has 0 spiro atoms. The van der Waals surface area contributed by atoms with Crippen LogP contribution in [0.3, 0.4) is 0 Å². The van der Waals surface area contributed by atoms with Gasteiger partial charge < -0.3 is 51.8 Å². The molecule has 2 aromatic rings. The Balaban J connectivity index is 0.000000314. The van der Waals surface area contributed by atoms with Gasteiger partial charge in [0.05, 0.1) is 24.6 Å². The van der Waals surface area contributed by atoms with Gasteiger partial charge in [-0.3, -0.25) is 4.79 Å². The first-order valence-electron chi connectivity index (χ1n) is 19.3. The summed E-state index contributed by atoms with van der Waals surface area (Å²) in [5.41, 5.74) is 8.30. The molecule has 0 heterocycles. The lowest BCUT2D eigenvalue weighted by atomic mass is 9.94. The predicted molar refractivity (Wildman–Crippen MR) is 215 cm³/mol. The number of aliphatic carboxylic acids is 1. The highest BCUT2D eigenvalue weighted by atomic mass is 16.6. The Morgan fingerprint density at radius 1 is 0.673 bits per heavy atom. The van der Waals surface area contributed by atoms with Crippen LogP contribution in [0.5, 0.6) is 0 Å². The van der Waals surface area contributed by atoms with Crippen LogP contribution in [0, 0.1) is 0 Å². The van der Waals surface area contributed by atoms with E-state index >= 15 is 0 Å². The van der Waals surface area contributed by atoms with Gasteiger partial charge in [0.2, 0.25) is 0 Å². The molecule has 2 amide bonds. The minimum atomic E-state index is -1.33. The van der Waals surface area contributed by atoms with E-state index in [4.69, 9.17) is 25.4 Å². The van der Waals surface area contributed by atoms with Crippen LogP contribution in [0.1, 0.15) is 111 Å². The first-order chi connectivity index (χ1) is 25.9. The molecule has 14 heteroatoms. The Labute approximate surface area is 326 Å². The van der Waals surface area contributed by atoms with E-state index in [2.05, 4.69) is 22.0 Å². The van der Waals surface area contributed by atoms with Crippen molar-refractivity contribution in [1.82, 2.24) is 10.6 Å². The fourth-order valence-electron chi connectivity index (χ4n) is 6.00. The van der Waals surface area contributed by atoms with Crippen LogP contribution in [0.25, 0.3) is 0 Å². The maximum Gasteiger partial charge on any atom is 0.408 e. The van der Waals surface area contributed by atoms with Crippen LogP contribution in [-0.4, -0.2) is 87.8 Å². The minimum absolute atomic E-state index is 0.136. The first kappa shape index (κ1) is 46.6. The standard InChI is InChI=1S/C21H32N2O4.C12H18N2.C8H15NO5/c1-21(2,3)27-20(26)23-18(14-24)19(25)13-15-9-7-8-12-17(15)22-16-10-5-4-6-11-16;13-11-8-4-5-9-12(11)14-10-6-2-1-3-7-10;1-8(2,3)14-7(13)9-5(4-10)6(11)12/h7-9,12,16,18,22,24H,4-6,10-11,13-14H2,1-3H3,(H,23,26);4-5,8-10,14H,1-3,6-7,13H2;5,10H,4H2,1-3H3,(H,9,13)(H,11,12)/t18-;;5-/m1.1/s1. The summed E-state index contributed by atoms with van der Waals surface area (Å²) in [6.45, 7) is 9.06. The minimum Gasteiger partial charge on any atom is -0.480 e. The number of carbonyl (C=O) groups excluding carboxylic acids is 3. The number of Topliss-reactive ketones (excluding diaryl/α,β-unsaturated/α-hetero) is 1. The Bertz CT molecular complexity index is 1480. The summed E-state index contributed by atoms with van der Waals surface area (Å²) in [5, 5.41) is 38.2. The third-order valence-corrected chi connectivity index (χ3v) is 8.71. The van der Waals surface area contributed by atoms with Gasteiger partial charge in [-0.2, -0.15) is 0 Å². The highest BCUT2D eigenvalue weighted by Gasteiger charge is 2.25. The number of hydrogen-bond donors (Lipinski definition) is 8. The van der Waals surface area contributed by atoms with Crippen molar-refractivity contribution in [2.45, 2.75) is 148 Å². The number of anilines is 3. The first-order valence-corrected chi connectivity index (χ1v) is 19.3. The second-order valence-electron chi connectivity index (χ2n) is 15.9. The van der Waals surface area contributed by atoms with Crippen molar-refractivity contribution in [3.63, 3.8) is 0 Å². The summed E-state index contributed by atoms with van der Waals surface area (Å²) in [6.07, 6.45) is 11.3. The molecule has 2 aromatic carbocycles. The van der Waals surface area contributed by atoms with Crippen LogP contribution in [0.15, 0.2) is 48.5 Å². The average molecular weight is 772 g/mol. The van der Waals surface area contributed by atoms with E-state index in [0.29, 0.717) is 12.1 Å².